The van der Waals surface area contributed by atoms with Crippen molar-refractivity contribution < 1.29 is 9.53 Å². The zero-order valence-corrected chi connectivity index (χ0v) is 10.0. The van der Waals surface area contributed by atoms with E-state index in [-0.39, 0.29) is 12.0 Å². The van der Waals surface area contributed by atoms with Crippen molar-refractivity contribution >= 4 is 5.91 Å². The van der Waals surface area contributed by atoms with Crippen LogP contribution in [0.25, 0.3) is 0 Å². The lowest BCUT2D eigenvalue weighted by Gasteiger charge is -2.12. The van der Waals surface area contributed by atoms with Gasteiger partial charge in [0.1, 0.15) is 0 Å². The van der Waals surface area contributed by atoms with Crippen LogP contribution in [0.2, 0.25) is 0 Å². The van der Waals surface area contributed by atoms with E-state index in [0.29, 0.717) is 13.0 Å². The summed E-state index contributed by atoms with van der Waals surface area (Å²) in [5, 5.41) is 2.98. The number of hydrogen-bond acceptors (Lipinski definition) is 2. The van der Waals surface area contributed by atoms with Gasteiger partial charge in [-0.15, -0.1) is 0 Å². The van der Waals surface area contributed by atoms with Crippen LogP contribution in [0.4, 0.5) is 0 Å². The third-order valence-electron chi connectivity index (χ3n) is 3.81. The second kappa shape index (κ2) is 6.24. The molecule has 0 aromatic heterocycles. The van der Waals surface area contributed by atoms with Crippen molar-refractivity contribution in [2.24, 2.45) is 5.92 Å². The van der Waals surface area contributed by atoms with Crippen molar-refractivity contribution in [1.82, 2.24) is 5.32 Å². The van der Waals surface area contributed by atoms with Crippen LogP contribution in [0.1, 0.15) is 51.4 Å². The summed E-state index contributed by atoms with van der Waals surface area (Å²) >= 11 is 0. The van der Waals surface area contributed by atoms with Gasteiger partial charge in [-0.2, -0.15) is 0 Å². The number of ether oxygens (including phenoxy) is 1. The van der Waals surface area contributed by atoms with Gasteiger partial charge < -0.3 is 10.1 Å². The first-order valence-corrected chi connectivity index (χ1v) is 6.73. The quantitative estimate of drug-likeness (QED) is 0.779. The minimum absolute atomic E-state index is 0.211. The lowest BCUT2D eigenvalue weighted by atomic mass is 10.0. The van der Waals surface area contributed by atoms with Crippen molar-refractivity contribution in [3.05, 3.63) is 0 Å². The second-order valence-electron chi connectivity index (χ2n) is 5.13. The van der Waals surface area contributed by atoms with Crippen LogP contribution in [0, 0.1) is 5.92 Å². The van der Waals surface area contributed by atoms with Crippen molar-refractivity contribution in [3.8, 4) is 0 Å². The van der Waals surface area contributed by atoms with Crippen molar-refractivity contribution in [3.63, 3.8) is 0 Å². The lowest BCUT2D eigenvalue weighted by molar-refractivity contribution is -0.121. The monoisotopic (exact) mass is 225 g/mol. The summed E-state index contributed by atoms with van der Waals surface area (Å²) in [6, 6.07) is 0. The Kier molecular flexibility index (Phi) is 4.64. The molecule has 1 saturated heterocycles. The topological polar surface area (TPSA) is 38.3 Å². The molecule has 1 amide bonds. The number of nitrogens with one attached hydrogen (secondary N) is 1. The molecule has 1 aliphatic carbocycles. The summed E-state index contributed by atoms with van der Waals surface area (Å²) in [4.78, 5) is 11.6. The van der Waals surface area contributed by atoms with Gasteiger partial charge in [0, 0.05) is 19.6 Å². The highest BCUT2D eigenvalue weighted by atomic mass is 16.5. The van der Waals surface area contributed by atoms with E-state index in [0.717, 1.165) is 31.8 Å². The van der Waals surface area contributed by atoms with Gasteiger partial charge in [0.15, 0.2) is 0 Å². The average molecular weight is 225 g/mol. The van der Waals surface area contributed by atoms with Gasteiger partial charge in [0.05, 0.1) is 6.10 Å². The van der Waals surface area contributed by atoms with E-state index < -0.39 is 0 Å². The number of hydrogen-bond donors (Lipinski definition) is 1. The average Bonchev–Trinajstić information content (AvgIpc) is 2.96. The molecule has 1 N–H and O–H groups in total. The minimum Gasteiger partial charge on any atom is -0.376 e. The molecule has 0 bridgehead atoms. The molecule has 3 nitrogen and oxygen atoms in total. The fourth-order valence-corrected chi connectivity index (χ4v) is 2.76. The Bertz CT molecular complexity index is 196. The maximum absolute atomic E-state index is 11.6. The van der Waals surface area contributed by atoms with Gasteiger partial charge in [-0.1, -0.05) is 25.7 Å². The predicted octanol–water partition coefficient (Wildman–Crippen LogP) is 2.25. The normalized spacial score (nSPS) is 26.1. The highest BCUT2D eigenvalue weighted by Gasteiger charge is 2.18. The molecule has 0 radical (unpaired) electrons. The van der Waals surface area contributed by atoms with E-state index in [1.807, 2.05) is 0 Å². The van der Waals surface area contributed by atoms with Gasteiger partial charge in [0.25, 0.3) is 0 Å². The summed E-state index contributed by atoms with van der Waals surface area (Å²) in [7, 11) is 0. The van der Waals surface area contributed by atoms with E-state index in [1.54, 1.807) is 0 Å². The van der Waals surface area contributed by atoms with Crippen LogP contribution < -0.4 is 5.32 Å². The zero-order valence-electron chi connectivity index (χ0n) is 10.0. The third kappa shape index (κ3) is 3.78. The summed E-state index contributed by atoms with van der Waals surface area (Å²) in [6.45, 7) is 1.58. The molecule has 92 valence electrons. The molecule has 1 aliphatic heterocycles. The minimum atomic E-state index is 0.211. The molecule has 16 heavy (non-hydrogen) atoms. The highest BCUT2D eigenvalue weighted by molar-refractivity contribution is 5.75. The molecule has 1 atom stereocenters. The Hall–Kier alpha value is -0.570. The number of amides is 1. The molecule has 0 aromatic carbocycles. The molecule has 0 unspecified atom stereocenters. The van der Waals surface area contributed by atoms with Crippen LogP contribution in [-0.4, -0.2) is 25.2 Å². The first kappa shape index (κ1) is 11.9. The summed E-state index contributed by atoms with van der Waals surface area (Å²) in [5.41, 5.74) is 0. The molecular weight excluding hydrogens is 202 g/mol. The molecule has 3 heteroatoms. The summed E-state index contributed by atoms with van der Waals surface area (Å²) in [6.07, 6.45) is 9.69. The fraction of sp³-hybridized carbons (Fsp3) is 0.923. The molecule has 1 heterocycles. The first-order chi connectivity index (χ1) is 7.84. The standard InChI is InChI=1S/C13H23NO2/c15-13(8-7-11-4-1-2-5-11)14-10-12-6-3-9-16-12/h11-12H,1-10H2,(H,14,15)/t12-/m1/s1. The van der Waals surface area contributed by atoms with E-state index >= 15 is 0 Å². The van der Waals surface area contributed by atoms with E-state index in [2.05, 4.69) is 5.32 Å². The summed E-state index contributed by atoms with van der Waals surface area (Å²) < 4.78 is 5.47. The van der Waals surface area contributed by atoms with Crippen molar-refractivity contribution in [1.29, 1.82) is 0 Å². The van der Waals surface area contributed by atoms with Crippen LogP contribution >= 0.6 is 0 Å². The molecule has 1 saturated carbocycles. The van der Waals surface area contributed by atoms with Crippen LogP contribution in [-0.2, 0) is 9.53 Å². The Labute approximate surface area is 97.9 Å². The van der Waals surface area contributed by atoms with Crippen molar-refractivity contribution in [2.45, 2.75) is 57.5 Å². The maximum atomic E-state index is 11.6. The van der Waals surface area contributed by atoms with E-state index in [4.69, 9.17) is 4.74 Å². The Morgan fingerprint density at radius 1 is 1.19 bits per heavy atom. The van der Waals surface area contributed by atoms with E-state index in [9.17, 15) is 4.79 Å². The zero-order chi connectivity index (χ0) is 11.2. The number of rotatable bonds is 5. The molecule has 0 spiro atoms. The Balaban J connectivity index is 1.53. The van der Waals surface area contributed by atoms with Crippen LogP contribution in [0.5, 0.6) is 0 Å². The maximum Gasteiger partial charge on any atom is 0.220 e. The first-order valence-electron chi connectivity index (χ1n) is 6.73. The second-order valence-corrected chi connectivity index (χ2v) is 5.13. The summed E-state index contributed by atoms with van der Waals surface area (Å²) in [5.74, 6) is 1.02. The third-order valence-corrected chi connectivity index (χ3v) is 3.81. The molecule has 0 aromatic rings. The number of carbonyl (C=O) groups excluding carboxylic acids is 1. The predicted molar refractivity (Wildman–Crippen MR) is 63.2 cm³/mol. The molecule has 2 aliphatic rings. The number of carbonyl (C=O) groups is 1. The van der Waals surface area contributed by atoms with Gasteiger partial charge >= 0.3 is 0 Å². The SMILES string of the molecule is O=C(CCC1CCCC1)NC[C@H]1CCCO1. The van der Waals surface area contributed by atoms with Gasteiger partial charge in [-0.05, 0) is 25.2 Å². The van der Waals surface area contributed by atoms with E-state index in [1.165, 1.54) is 25.7 Å². The largest absolute Gasteiger partial charge is 0.376 e. The Morgan fingerprint density at radius 3 is 2.69 bits per heavy atom. The lowest BCUT2D eigenvalue weighted by Crippen LogP contribution is -2.31. The molecular formula is C13H23NO2. The smallest absolute Gasteiger partial charge is 0.220 e. The molecule has 2 fully saturated rings. The van der Waals surface area contributed by atoms with Gasteiger partial charge in [-0.3, -0.25) is 4.79 Å². The van der Waals surface area contributed by atoms with Crippen LogP contribution in [0.3, 0.4) is 0 Å². The van der Waals surface area contributed by atoms with Gasteiger partial charge in [-0.25, -0.2) is 0 Å². The van der Waals surface area contributed by atoms with Crippen LogP contribution in [0.15, 0.2) is 0 Å². The highest BCUT2D eigenvalue weighted by Crippen LogP contribution is 2.28. The Morgan fingerprint density at radius 2 is 2.00 bits per heavy atom. The fourth-order valence-electron chi connectivity index (χ4n) is 2.76. The van der Waals surface area contributed by atoms with Crippen molar-refractivity contribution in [2.75, 3.05) is 13.2 Å². The molecule has 2 rings (SSSR count). The van der Waals surface area contributed by atoms with Gasteiger partial charge in [0.2, 0.25) is 5.91 Å².